The highest BCUT2D eigenvalue weighted by Crippen LogP contribution is 2.32. The summed E-state index contributed by atoms with van der Waals surface area (Å²) in [6.45, 7) is 4.20. The van der Waals surface area contributed by atoms with E-state index in [4.69, 9.17) is 0 Å². The van der Waals surface area contributed by atoms with Gasteiger partial charge in [-0.1, -0.05) is 50.6 Å². The van der Waals surface area contributed by atoms with Crippen molar-refractivity contribution in [2.75, 3.05) is 0 Å². The van der Waals surface area contributed by atoms with Crippen LogP contribution < -0.4 is 5.32 Å². The number of nitrogens with one attached hydrogen (secondary N) is 1. The van der Waals surface area contributed by atoms with Crippen molar-refractivity contribution in [3.63, 3.8) is 0 Å². The minimum absolute atomic E-state index is 0.000926. The molecular formula is C18H24N2O. The number of nitrogens with zero attached hydrogens (tertiary/aromatic N) is 1. The largest absolute Gasteiger partial charge is 0.337 e. The summed E-state index contributed by atoms with van der Waals surface area (Å²) in [6.07, 6.45) is 4.53. The van der Waals surface area contributed by atoms with Crippen molar-refractivity contribution >= 4 is 5.91 Å². The number of hydrogen-bond donors (Lipinski definition) is 1. The van der Waals surface area contributed by atoms with Gasteiger partial charge < -0.3 is 5.32 Å². The van der Waals surface area contributed by atoms with E-state index in [0.717, 1.165) is 37.7 Å². The van der Waals surface area contributed by atoms with Crippen molar-refractivity contribution in [3.05, 3.63) is 35.9 Å². The van der Waals surface area contributed by atoms with Gasteiger partial charge in [-0.05, 0) is 37.2 Å². The van der Waals surface area contributed by atoms with Crippen LogP contribution in [0.2, 0.25) is 0 Å². The quantitative estimate of drug-likeness (QED) is 0.894. The molecule has 0 bridgehead atoms. The van der Waals surface area contributed by atoms with E-state index < -0.39 is 5.54 Å². The van der Waals surface area contributed by atoms with Crippen LogP contribution in [0.5, 0.6) is 0 Å². The van der Waals surface area contributed by atoms with E-state index in [1.54, 1.807) is 0 Å². The van der Waals surface area contributed by atoms with Crippen LogP contribution in [-0.2, 0) is 4.79 Å². The van der Waals surface area contributed by atoms with Crippen LogP contribution in [0.15, 0.2) is 30.3 Å². The number of benzene rings is 1. The first-order chi connectivity index (χ1) is 10.1. The van der Waals surface area contributed by atoms with Gasteiger partial charge in [-0.3, -0.25) is 4.79 Å². The Morgan fingerprint density at radius 1 is 1.33 bits per heavy atom. The predicted molar refractivity (Wildman–Crippen MR) is 83.6 cm³/mol. The SMILES string of the molecule is CCC(C)C(C(=O)NC1(C#N)CCCC1)c1ccccc1. The molecule has 112 valence electrons. The summed E-state index contributed by atoms with van der Waals surface area (Å²) < 4.78 is 0. The van der Waals surface area contributed by atoms with Crippen molar-refractivity contribution in [2.24, 2.45) is 5.92 Å². The molecule has 0 heterocycles. The summed E-state index contributed by atoms with van der Waals surface area (Å²) in [5.41, 5.74) is 0.396. The van der Waals surface area contributed by atoms with Gasteiger partial charge in [0.05, 0.1) is 12.0 Å². The second-order valence-electron chi connectivity index (χ2n) is 6.16. The normalized spacial score (nSPS) is 19.5. The fourth-order valence-corrected chi connectivity index (χ4v) is 3.19. The molecule has 1 aromatic rings. The summed E-state index contributed by atoms with van der Waals surface area (Å²) in [7, 11) is 0. The van der Waals surface area contributed by atoms with Gasteiger partial charge in [0.2, 0.25) is 5.91 Å². The molecule has 1 fully saturated rings. The lowest BCUT2D eigenvalue weighted by molar-refractivity contribution is -0.125. The van der Waals surface area contributed by atoms with Crippen molar-refractivity contribution < 1.29 is 4.79 Å². The molecule has 21 heavy (non-hydrogen) atoms. The summed E-state index contributed by atoms with van der Waals surface area (Å²) in [6, 6.07) is 12.2. The van der Waals surface area contributed by atoms with Gasteiger partial charge in [-0.15, -0.1) is 0 Å². The van der Waals surface area contributed by atoms with Gasteiger partial charge in [0.15, 0.2) is 0 Å². The zero-order chi connectivity index (χ0) is 15.3. The zero-order valence-electron chi connectivity index (χ0n) is 12.9. The lowest BCUT2D eigenvalue weighted by Gasteiger charge is -2.28. The Morgan fingerprint density at radius 3 is 2.48 bits per heavy atom. The van der Waals surface area contributed by atoms with E-state index in [0.29, 0.717) is 0 Å². The Morgan fingerprint density at radius 2 is 1.95 bits per heavy atom. The highest BCUT2D eigenvalue weighted by Gasteiger charge is 2.38. The second-order valence-corrected chi connectivity index (χ2v) is 6.16. The Kier molecular flexibility index (Phi) is 5.01. The molecule has 1 N–H and O–H groups in total. The minimum Gasteiger partial charge on any atom is -0.337 e. The summed E-state index contributed by atoms with van der Waals surface area (Å²) in [5.74, 6) is 0.0746. The van der Waals surface area contributed by atoms with Gasteiger partial charge in [0.25, 0.3) is 0 Å². The maximum absolute atomic E-state index is 12.8. The molecule has 1 aliphatic rings. The van der Waals surface area contributed by atoms with E-state index in [-0.39, 0.29) is 17.7 Å². The summed E-state index contributed by atoms with van der Waals surface area (Å²) in [4.78, 5) is 12.8. The van der Waals surface area contributed by atoms with Gasteiger partial charge in [-0.2, -0.15) is 5.26 Å². The molecule has 1 aliphatic carbocycles. The highest BCUT2D eigenvalue weighted by molar-refractivity contribution is 5.85. The van der Waals surface area contributed by atoms with Crippen LogP contribution in [0, 0.1) is 17.2 Å². The monoisotopic (exact) mass is 284 g/mol. The number of carbonyl (C=O) groups excluding carboxylic acids is 1. The molecule has 1 saturated carbocycles. The van der Waals surface area contributed by atoms with Crippen LogP contribution in [0.25, 0.3) is 0 Å². The van der Waals surface area contributed by atoms with Crippen molar-refractivity contribution in [2.45, 2.75) is 57.4 Å². The zero-order valence-corrected chi connectivity index (χ0v) is 12.9. The molecule has 2 atom stereocenters. The smallest absolute Gasteiger partial charge is 0.229 e. The predicted octanol–water partition coefficient (Wildman–Crippen LogP) is 3.77. The maximum Gasteiger partial charge on any atom is 0.229 e. The second kappa shape index (κ2) is 6.76. The third-order valence-corrected chi connectivity index (χ3v) is 4.69. The van der Waals surface area contributed by atoms with Crippen LogP contribution in [0.4, 0.5) is 0 Å². The average molecular weight is 284 g/mol. The fourth-order valence-electron chi connectivity index (χ4n) is 3.19. The molecule has 0 radical (unpaired) electrons. The third kappa shape index (κ3) is 3.44. The Labute approximate surface area is 127 Å². The molecule has 2 unspecified atom stereocenters. The Bertz CT molecular complexity index is 512. The number of amides is 1. The van der Waals surface area contributed by atoms with Crippen LogP contribution in [0.1, 0.15) is 57.4 Å². The van der Waals surface area contributed by atoms with Crippen LogP contribution >= 0.6 is 0 Å². The molecule has 0 aliphatic heterocycles. The molecule has 1 aromatic carbocycles. The first-order valence-corrected chi connectivity index (χ1v) is 7.90. The number of rotatable bonds is 5. The van der Waals surface area contributed by atoms with Crippen LogP contribution in [0.3, 0.4) is 0 Å². The van der Waals surface area contributed by atoms with E-state index in [9.17, 15) is 10.1 Å². The van der Waals surface area contributed by atoms with Gasteiger partial charge >= 0.3 is 0 Å². The van der Waals surface area contributed by atoms with Gasteiger partial charge in [0, 0.05) is 0 Å². The molecule has 3 nitrogen and oxygen atoms in total. The highest BCUT2D eigenvalue weighted by atomic mass is 16.2. The molecular weight excluding hydrogens is 260 g/mol. The topological polar surface area (TPSA) is 52.9 Å². The Hall–Kier alpha value is -1.82. The van der Waals surface area contributed by atoms with Crippen molar-refractivity contribution in [1.82, 2.24) is 5.32 Å². The summed E-state index contributed by atoms with van der Waals surface area (Å²) >= 11 is 0. The maximum atomic E-state index is 12.8. The molecule has 0 spiro atoms. The number of hydrogen-bond acceptors (Lipinski definition) is 2. The number of nitriles is 1. The van der Waals surface area contributed by atoms with Crippen molar-refractivity contribution in [1.29, 1.82) is 5.26 Å². The van der Waals surface area contributed by atoms with E-state index in [1.807, 2.05) is 30.3 Å². The lowest BCUT2D eigenvalue weighted by atomic mass is 9.84. The Balaban J connectivity index is 2.21. The lowest BCUT2D eigenvalue weighted by Crippen LogP contribution is -2.48. The van der Waals surface area contributed by atoms with Crippen molar-refractivity contribution in [3.8, 4) is 6.07 Å². The number of carbonyl (C=O) groups is 1. The van der Waals surface area contributed by atoms with E-state index in [2.05, 4.69) is 25.2 Å². The van der Waals surface area contributed by atoms with E-state index in [1.165, 1.54) is 0 Å². The fraction of sp³-hybridized carbons (Fsp3) is 0.556. The standard InChI is InChI=1S/C18H24N2O/c1-3-14(2)16(15-9-5-4-6-10-15)17(21)20-18(13-19)11-7-8-12-18/h4-6,9-10,14,16H,3,7-8,11-12H2,1-2H3,(H,20,21). The van der Waals surface area contributed by atoms with Gasteiger partial charge in [0.1, 0.15) is 5.54 Å². The minimum atomic E-state index is -0.641. The summed E-state index contributed by atoms with van der Waals surface area (Å²) in [5, 5.41) is 12.5. The van der Waals surface area contributed by atoms with Gasteiger partial charge in [-0.25, -0.2) is 0 Å². The van der Waals surface area contributed by atoms with Crippen LogP contribution in [-0.4, -0.2) is 11.4 Å². The third-order valence-electron chi connectivity index (χ3n) is 4.69. The average Bonchev–Trinajstić information content (AvgIpc) is 2.97. The first-order valence-electron chi connectivity index (χ1n) is 7.90. The molecule has 1 amide bonds. The molecule has 0 aromatic heterocycles. The first kappa shape index (κ1) is 15.6. The molecule has 2 rings (SSSR count). The molecule has 3 heteroatoms. The van der Waals surface area contributed by atoms with E-state index >= 15 is 0 Å². The molecule has 0 saturated heterocycles.